The predicted molar refractivity (Wildman–Crippen MR) is 86.9 cm³/mol. The first-order chi connectivity index (χ1) is 10.4. The van der Waals surface area contributed by atoms with Gasteiger partial charge in [-0.3, -0.25) is 4.90 Å². The molecular weight excluding hydrogens is 258 g/mol. The Morgan fingerprint density at radius 2 is 1.76 bits per heavy atom. The Labute approximate surface area is 126 Å². The molecule has 110 valence electrons. The highest BCUT2D eigenvalue weighted by atomic mass is 16.5. The predicted octanol–water partition coefficient (Wildman–Crippen LogP) is 3.20. The number of aryl methyl sites for hydroxylation is 3. The topological polar surface area (TPSA) is 12.5 Å². The van der Waals surface area contributed by atoms with E-state index in [0.29, 0.717) is 0 Å². The van der Waals surface area contributed by atoms with Gasteiger partial charge in [-0.1, -0.05) is 30.3 Å². The lowest BCUT2D eigenvalue weighted by molar-refractivity contribution is 0.0375. The Morgan fingerprint density at radius 1 is 0.952 bits per heavy atom. The Bertz CT molecular complexity index is 633. The molecule has 21 heavy (non-hydrogen) atoms. The highest BCUT2D eigenvalue weighted by Crippen LogP contribution is 2.33. The number of hydrogen-bond acceptors (Lipinski definition) is 2. The van der Waals surface area contributed by atoms with Crippen molar-refractivity contribution in [2.75, 3.05) is 32.8 Å². The molecule has 0 spiro atoms. The van der Waals surface area contributed by atoms with Gasteiger partial charge in [-0.2, -0.15) is 0 Å². The van der Waals surface area contributed by atoms with Gasteiger partial charge in [-0.25, -0.2) is 0 Å². The summed E-state index contributed by atoms with van der Waals surface area (Å²) < 4.78 is 5.41. The Balaban J connectivity index is 1.49. The Hall–Kier alpha value is -1.38. The van der Waals surface area contributed by atoms with Crippen molar-refractivity contribution in [1.82, 2.24) is 4.90 Å². The average Bonchev–Trinajstić information content (AvgIpc) is 2.96. The zero-order valence-corrected chi connectivity index (χ0v) is 12.6. The molecule has 2 aromatic carbocycles. The van der Waals surface area contributed by atoms with Crippen molar-refractivity contribution in [3.63, 3.8) is 0 Å². The van der Waals surface area contributed by atoms with Gasteiger partial charge in [0.25, 0.3) is 0 Å². The highest BCUT2D eigenvalue weighted by Gasteiger charge is 2.16. The van der Waals surface area contributed by atoms with Crippen LogP contribution in [0.15, 0.2) is 30.3 Å². The number of benzene rings is 2. The van der Waals surface area contributed by atoms with Crippen molar-refractivity contribution in [2.45, 2.75) is 25.7 Å². The molecule has 0 bridgehead atoms. The van der Waals surface area contributed by atoms with Crippen molar-refractivity contribution < 1.29 is 4.74 Å². The van der Waals surface area contributed by atoms with E-state index >= 15 is 0 Å². The van der Waals surface area contributed by atoms with E-state index in [9.17, 15) is 0 Å². The molecule has 2 heteroatoms. The summed E-state index contributed by atoms with van der Waals surface area (Å²) in [5.74, 6) is 0. The van der Waals surface area contributed by atoms with Gasteiger partial charge in [0.2, 0.25) is 0 Å². The Morgan fingerprint density at radius 3 is 2.62 bits per heavy atom. The zero-order valence-electron chi connectivity index (χ0n) is 12.6. The third kappa shape index (κ3) is 2.58. The van der Waals surface area contributed by atoms with Crippen LogP contribution in [0.3, 0.4) is 0 Å². The normalized spacial score (nSPS) is 18.5. The quantitative estimate of drug-likeness (QED) is 0.853. The summed E-state index contributed by atoms with van der Waals surface area (Å²) >= 11 is 0. The summed E-state index contributed by atoms with van der Waals surface area (Å²) in [4.78, 5) is 2.53. The molecule has 1 aliphatic heterocycles. The smallest absolute Gasteiger partial charge is 0.0594 e. The zero-order chi connectivity index (χ0) is 14.1. The third-order valence-corrected chi connectivity index (χ3v) is 4.99. The lowest BCUT2D eigenvalue weighted by Gasteiger charge is -2.26. The first-order valence-corrected chi connectivity index (χ1v) is 8.24. The molecule has 0 atom stereocenters. The number of nitrogens with zero attached hydrogens (tertiary/aromatic N) is 1. The molecule has 1 heterocycles. The summed E-state index contributed by atoms with van der Waals surface area (Å²) in [6.07, 6.45) is 4.89. The van der Waals surface area contributed by atoms with Crippen LogP contribution < -0.4 is 0 Å². The molecule has 1 fully saturated rings. The molecule has 2 aliphatic rings. The largest absolute Gasteiger partial charge is 0.379 e. The van der Waals surface area contributed by atoms with Gasteiger partial charge in [-0.05, 0) is 59.7 Å². The van der Waals surface area contributed by atoms with Gasteiger partial charge < -0.3 is 4.74 Å². The van der Waals surface area contributed by atoms with Crippen LogP contribution in [-0.2, 0) is 24.0 Å². The highest BCUT2D eigenvalue weighted by molar-refractivity contribution is 5.93. The van der Waals surface area contributed by atoms with E-state index in [-0.39, 0.29) is 0 Å². The second kappa shape index (κ2) is 5.78. The first-order valence-electron chi connectivity index (χ1n) is 8.24. The molecule has 0 aromatic heterocycles. The van der Waals surface area contributed by atoms with E-state index < -0.39 is 0 Å². The van der Waals surface area contributed by atoms with Crippen LogP contribution in [0.1, 0.15) is 23.1 Å². The summed E-state index contributed by atoms with van der Waals surface area (Å²) in [6.45, 7) is 5.21. The van der Waals surface area contributed by atoms with Crippen LogP contribution in [0.25, 0.3) is 10.8 Å². The molecular formula is C19H23NO. The van der Waals surface area contributed by atoms with Gasteiger partial charge in [0.05, 0.1) is 13.2 Å². The Kier molecular flexibility index (Phi) is 3.66. The minimum Gasteiger partial charge on any atom is -0.379 e. The van der Waals surface area contributed by atoms with E-state index in [0.717, 1.165) is 26.3 Å². The molecule has 1 saturated heterocycles. The molecule has 2 nitrogen and oxygen atoms in total. The fourth-order valence-electron chi connectivity index (χ4n) is 3.84. The minimum absolute atomic E-state index is 0.904. The summed E-state index contributed by atoms with van der Waals surface area (Å²) in [7, 11) is 0. The van der Waals surface area contributed by atoms with Crippen LogP contribution in [0.5, 0.6) is 0 Å². The second-order valence-corrected chi connectivity index (χ2v) is 6.28. The maximum absolute atomic E-state index is 5.41. The molecule has 1 aliphatic carbocycles. The van der Waals surface area contributed by atoms with Gasteiger partial charge >= 0.3 is 0 Å². The molecule has 0 amide bonds. The molecule has 0 unspecified atom stereocenters. The lowest BCUT2D eigenvalue weighted by Crippen LogP contribution is -2.36. The van der Waals surface area contributed by atoms with Gasteiger partial charge in [-0.15, -0.1) is 0 Å². The van der Waals surface area contributed by atoms with Crippen LogP contribution in [0.2, 0.25) is 0 Å². The van der Waals surface area contributed by atoms with Crippen LogP contribution in [0, 0.1) is 0 Å². The van der Waals surface area contributed by atoms with Gasteiger partial charge in [0, 0.05) is 13.1 Å². The molecule has 0 saturated carbocycles. The third-order valence-electron chi connectivity index (χ3n) is 4.99. The van der Waals surface area contributed by atoms with E-state index in [2.05, 4.69) is 35.2 Å². The maximum Gasteiger partial charge on any atom is 0.0594 e. The van der Waals surface area contributed by atoms with E-state index in [4.69, 9.17) is 4.74 Å². The van der Waals surface area contributed by atoms with Crippen molar-refractivity contribution >= 4 is 10.8 Å². The summed E-state index contributed by atoms with van der Waals surface area (Å²) in [5, 5.41) is 3.06. The lowest BCUT2D eigenvalue weighted by atomic mass is 9.97. The standard InChI is InChI=1S/C19H23NO/c1-3-16-8-9-17-7-6-15(18(5-1)19(16)17)4-2-10-20-11-13-21-14-12-20/h1,3,5-7H,2,4,8-14H2. The summed E-state index contributed by atoms with van der Waals surface area (Å²) in [5.41, 5.74) is 4.64. The van der Waals surface area contributed by atoms with Crippen molar-refractivity contribution in [3.05, 3.63) is 47.0 Å². The minimum atomic E-state index is 0.904. The number of ether oxygens (including phenoxy) is 1. The monoisotopic (exact) mass is 281 g/mol. The van der Waals surface area contributed by atoms with Crippen LogP contribution in [0.4, 0.5) is 0 Å². The van der Waals surface area contributed by atoms with E-state index in [1.165, 1.54) is 43.2 Å². The SMILES string of the molecule is c1cc2c3c(ccc(CCCN4CCOCC4)c3c1)CC2. The van der Waals surface area contributed by atoms with Crippen LogP contribution >= 0.6 is 0 Å². The van der Waals surface area contributed by atoms with Crippen LogP contribution in [-0.4, -0.2) is 37.7 Å². The van der Waals surface area contributed by atoms with Crippen molar-refractivity contribution in [1.29, 1.82) is 0 Å². The van der Waals surface area contributed by atoms with Gasteiger partial charge in [0.15, 0.2) is 0 Å². The molecule has 2 aromatic rings. The fourth-order valence-corrected chi connectivity index (χ4v) is 3.84. The van der Waals surface area contributed by atoms with Gasteiger partial charge in [0.1, 0.15) is 0 Å². The van der Waals surface area contributed by atoms with E-state index in [1.54, 1.807) is 16.5 Å². The second-order valence-electron chi connectivity index (χ2n) is 6.28. The summed E-state index contributed by atoms with van der Waals surface area (Å²) in [6, 6.07) is 11.6. The number of rotatable bonds is 4. The average molecular weight is 281 g/mol. The first kappa shape index (κ1) is 13.3. The van der Waals surface area contributed by atoms with Crippen molar-refractivity contribution in [3.8, 4) is 0 Å². The fraction of sp³-hybridized carbons (Fsp3) is 0.474. The number of morpholine rings is 1. The molecule has 0 radical (unpaired) electrons. The molecule has 0 N–H and O–H groups in total. The number of hydrogen-bond donors (Lipinski definition) is 0. The van der Waals surface area contributed by atoms with E-state index in [1.807, 2.05) is 0 Å². The molecule has 4 rings (SSSR count). The maximum atomic E-state index is 5.41. The van der Waals surface area contributed by atoms with Crippen molar-refractivity contribution in [2.24, 2.45) is 0 Å².